The summed E-state index contributed by atoms with van der Waals surface area (Å²) in [6.07, 6.45) is 0.943. The van der Waals surface area contributed by atoms with Gasteiger partial charge in [0.15, 0.2) is 0 Å². The average Bonchev–Trinajstić information content (AvgIpc) is 2.99. The van der Waals surface area contributed by atoms with Crippen LogP contribution in [0, 0.1) is 11.3 Å². The zero-order valence-corrected chi connectivity index (χ0v) is 15.1. The average molecular weight is 353 g/mol. The molecule has 2 aliphatic heterocycles. The largest absolute Gasteiger partial charge is 0.492 e. The monoisotopic (exact) mass is 352 g/mol. The molecule has 2 aliphatic rings. The lowest BCUT2D eigenvalue weighted by atomic mass is 9.81. The van der Waals surface area contributed by atoms with Crippen molar-refractivity contribution in [2.45, 2.75) is 19.9 Å². The number of carboxylic acid groups (broad SMARTS) is 1. The van der Waals surface area contributed by atoms with E-state index >= 15 is 0 Å². The number of hydrogen-bond donors (Lipinski definition) is 1. The van der Waals surface area contributed by atoms with Crippen LogP contribution in [0.3, 0.4) is 0 Å². The molecule has 0 aliphatic carbocycles. The third-order valence-electron chi connectivity index (χ3n) is 5.14. The molecule has 1 aromatic rings. The number of rotatable bonds is 6. The smallest absolute Gasteiger partial charge is 0.312 e. The van der Waals surface area contributed by atoms with Gasteiger partial charge in [-0.1, -0.05) is 24.6 Å². The predicted octanol–water partition coefficient (Wildman–Crippen LogP) is 2.58. The molecule has 6 heteroatoms. The summed E-state index contributed by atoms with van der Waals surface area (Å²) >= 11 is 6.30. The minimum absolute atomic E-state index is 0.197. The quantitative estimate of drug-likeness (QED) is 0.852. The zero-order valence-electron chi connectivity index (χ0n) is 14.3. The molecule has 132 valence electrons. The van der Waals surface area contributed by atoms with Gasteiger partial charge in [0.05, 0.1) is 17.0 Å². The van der Waals surface area contributed by atoms with Gasteiger partial charge in [-0.05, 0) is 31.2 Å². The Morgan fingerprint density at radius 1 is 1.42 bits per heavy atom. The van der Waals surface area contributed by atoms with Crippen LogP contribution in [0.25, 0.3) is 0 Å². The number of carbonyl (C=O) groups is 1. The Morgan fingerprint density at radius 2 is 2.21 bits per heavy atom. The summed E-state index contributed by atoms with van der Waals surface area (Å²) in [6.45, 7) is 6.35. The minimum Gasteiger partial charge on any atom is -0.492 e. The topological polar surface area (TPSA) is 53.0 Å². The lowest BCUT2D eigenvalue weighted by molar-refractivity contribution is -0.148. The van der Waals surface area contributed by atoms with Crippen LogP contribution in [-0.2, 0) is 11.3 Å². The van der Waals surface area contributed by atoms with Crippen molar-refractivity contribution in [2.24, 2.45) is 11.3 Å². The second-order valence-corrected chi connectivity index (χ2v) is 7.55. The number of carboxylic acids is 1. The predicted molar refractivity (Wildman–Crippen MR) is 93.6 cm³/mol. The maximum absolute atomic E-state index is 11.9. The van der Waals surface area contributed by atoms with Crippen molar-refractivity contribution in [3.05, 3.63) is 28.8 Å². The van der Waals surface area contributed by atoms with E-state index in [9.17, 15) is 9.90 Å². The number of aliphatic carboxylic acids is 1. The van der Waals surface area contributed by atoms with Gasteiger partial charge in [-0.3, -0.25) is 9.69 Å². The van der Waals surface area contributed by atoms with Gasteiger partial charge in [0, 0.05) is 38.6 Å². The van der Waals surface area contributed by atoms with Gasteiger partial charge in [0.25, 0.3) is 0 Å². The van der Waals surface area contributed by atoms with Crippen LogP contribution in [0.4, 0.5) is 0 Å². The first-order valence-corrected chi connectivity index (χ1v) is 8.88. The molecule has 2 saturated heterocycles. The van der Waals surface area contributed by atoms with Crippen molar-refractivity contribution in [3.63, 3.8) is 0 Å². The summed E-state index contributed by atoms with van der Waals surface area (Å²) in [5.41, 5.74) is 0.473. The van der Waals surface area contributed by atoms with Crippen molar-refractivity contribution in [1.82, 2.24) is 9.80 Å². The highest BCUT2D eigenvalue weighted by Crippen LogP contribution is 2.42. The number of benzene rings is 1. The molecule has 0 radical (unpaired) electrons. The van der Waals surface area contributed by atoms with E-state index < -0.39 is 11.4 Å². The summed E-state index contributed by atoms with van der Waals surface area (Å²) in [5, 5.41) is 10.4. The summed E-state index contributed by atoms with van der Waals surface area (Å²) in [4.78, 5) is 16.2. The van der Waals surface area contributed by atoms with Crippen LogP contribution in [-0.4, -0.2) is 60.7 Å². The van der Waals surface area contributed by atoms with E-state index in [1.54, 1.807) is 0 Å². The molecule has 2 atom stereocenters. The highest BCUT2D eigenvalue weighted by molar-refractivity contribution is 6.32. The molecule has 0 unspecified atom stereocenters. The number of nitrogens with zero attached hydrogens (tertiary/aromatic N) is 2. The van der Waals surface area contributed by atoms with Crippen molar-refractivity contribution < 1.29 is 14.6 Å². The van der Waals surface area contributed by atoms with Crippen LogP contribution >= 0.6 is 11.6 Å². The maximum atomic E-state index is 11.9. The van der Waals surface area contributed by atoms with Gasteiger partial charge in [-0.25, -0.2) is 0 Å². The third-order valence-corrected chi connectivity index (χ3v) is 5.44. The number of fused-ring (bicyclic) bond motifs is 1. The summed E-state index contributed by atoms with van der Waals surface area (Å²) in [7, 11) is 2.00. The van der Waals surface area contributed by atoms with Crippen LogP contribution in [0.5, 0.6) is 5.75 Å². The first-order chi connectivity index (χ1) is 11.4. The molecule has 2 heterocycles. The van der Waals surface area contributed by atoms with Crippen LogP contribution in [0.2, 0.25) is 5.02 Å². The number of likely N-dealkylation sites (tertiary alicyclic amines) is 2. The molecular formula is C18H25ClN2O3. The number of ether oxygens (including phenoxy) is 1. The molecule has 5 nitrogen and oxygen atoms in total. The number of hydrogen-bond acceptors (Lipinski definition) is 4. The Balaban J connectivity index is 1.68. The molecule has 0 saturated carbocycles. The van der Waals surface area contributed by atoms with Crippen LogP contribution < -0.4 is 4.74 Å². The summed E-state index contributed by atoms with van der Waals surface area (Å²) in [5.74, 6) is 0.243. The fourth-order valence-electron chi connectivity index (χ4n) is 4.07. The lowest BCUT2D eigenvalue weighted by Crippen LogP contribution is -2.40. The van der Waals surface area contributed by atoms with Crippen molar-refractivity contribution in [1.29, 1.82) is 0 Å². The standard InChI is InChI=1S/C18H25ClN2O3/c1-3-6-24-16-5-4-13(7-15(16)19)8-21-10-14-9-20(2)11-18(14,12-21)17(22)23/h4-5,7,14H,3,6,8-12H2,1-2H3,(H,22,23)/t14-,18-/m1/s1. The Morgan fingerprint density at radius 3 is 2.83 bits per heavy atom. The fourth-order valence-corrected chi connectivity index (χ4v) is 4.33. The van der Waals surface area contributed by atoms with Gasteiger partial charge in [0.2, 0.25) is 0 Å². The molecule has 0 spiro atoms. The molecule has 1 aromatic carbocycles. The third kappa shape index (κ3) is 3.25. The van der Waals surface area contributed by atoms with Crippen molar-refractivity contribution in [3.8, 4) is 5.75 Å². The van der Waals surface area contributed by atoms with Gasteiger partial charge >= 0.3 is 5.97 Å². The second kappa shape index (κ2) is 6.90. The van der Waals surface area contributed by atoms with Crippen molar-refractivity contribution >= 4 is 17.6 Å². The van der Waals surface area contributed by atoms with E-state index in [-0.39, 0.29) is 5.92 Å². The molecule has 0 aromatic heterocycles. The molecule has 0 bridgehead atoms. The Labute approximate surface area is 148 Å². The fraction of sp³-hybridized carbons (Fsp3) is 0.611. The second-order valence-electron chi connectivity index (χ2n) is 7.14. The number of halogens is 1. The van der Waals surface area contributed by atoms with Gasteiger partial charge in [-0.2, -0.15) is 0 Å². The molecule has 1 N–H and O–H groups in total. The first-order valence-electron chi connectivity index (χ1n) is 8.50. The highest BCUT2D eigenvalue weighted by Gasteiger charge is 2.56. The van der Waals surface area contributed by atoms with E-state index in [1.165, 1.54) is 0 Å². The van der Waals surface area contributed by atoms with E-state index in [0.29, 0.717) is 30.5 Å². The van der Waals surface area contributed by atoms with Gasteiger partial charge in [-0.15, -0.1) is 0 Å². The van der Waals surface area contributed by atoms with Crippen molar-refractivity contribution in [2.75, 3.05) is 39.8 Å². The van der Waals surface area contributed by atoms with Gasteiger partial charge in [0.1, 0.15) is 5.75 Å². The lowest BCUT2D eigenvalue weighted by Gasteiger charge is -2.24. The van der Waals surface area contributed by atoms with Crippen LogP contribution in [0.1, 0.15) is 18.9 Å². The van der Waals surface area contributed by atoms with Gasteiger partial charge < -0.3 is 14.7 Å². The van der Waals surface area contributed by atoms with E-state index in [4.69, 9.17) is 16.3 Å². The zero-order chi connectivity index (χ0) is 17.3. The summed E-state index contributed by atoms with van der Waals surface area (Å²) < 4.78 is 5.60. The van der Waals surface area contributed by atoms with E-state index in [1.807, 2.05) is 25.2 Å². The minimum atomic E-state index is -0.666. The Bertz CT molecular complexity index is 624. The Hall–Kier alpha value is -1.30. The molecule has 3 rings (SSSR count). The molecule has 2 fully saturated rings. The molecule has 24 heavy (non-hydrogen) atoms. The molecular weight excluding hydrogens is 328 g/mol. The van der Waals surface area contributed by atoms with E-state index in [0.717, 1.165) is 31.6 Å². The SMILES string of the molecule is CCCOc1ccc(CN2C[C@H]3CN(C)C[C@@]3(C(=O)O)C2)cc1Cl. The molecule has 0 amide bonds. The summed E-state index contributed by atoms with van der Waals surface area (Å²) in [6, 6.07) is 5.86. The maximum Gasteiger partial charge on any atom is 0.312 e. The first kappa shape index (κ1) is 17.5. The Kier molecular flexibility index (Phi) is 5.04. The van der Waals surface area contributed by atoms with E-state index in [2.05, 4.69) is 16.7 Å². The highest BCUT2D eigenvalue weighted by atomic mass is 35.5. The van der Waals surface area contributed by atoms with Crippen LogP contribution in [0.15, 0.2) is 18.2 Å². The normalized spacial score (nSPS) is 27.4.